The number of nitrogens with one attached hydrogen (secondary N) is 1. The molecule has 17 heavy (non-hydrogen) atoms. The first kappa shape index (κ1) is 10.8. The molecule has 0 amide bonds. The predicted molar refractivity (Wildman–Crippen MR) is 68.0 cm³/mol. The van der Waals surface area contributed by atoms with Gasteiger partial charge in [-0.05, 0) is 25.9 Å². The molecule has 1 saturated heterocycles. The molecule has 0 aliphatic carbocycles. The summed E-state index contributed by atoms with van der Waals surface area (Å²) in [6.07, 6.45) is 7.53. The van der Waals surface area contributed by atoms with E-state index in [0.717, 1.165) is 24.5 Å². The van der Waals surface area contributed by atoms with E-state index in [9.17, 15) is 0 Å². The van der Waals surface area contributed by atoms with Crippen molar-refractivity contribution in [2.24, 2.45) is 0 Å². The molecule has 1 N–H and O–H groups in total. The van der Waals surface area contributed by atoms with Crippen molar-refractivity contribution in [1.82, 2.24) is 20.3 Å². The van der Waals surface area contributed by atoms with Crippen LogP contribution in [0.1, 0.15) is 23.8 Å². The standard InChI is InChI=1S/C12H14N4S/c1-3-13-4-2-9(1)12-16-11(8-17-12)10-7-14-5-6-15-10/h5-9,13H,1-4H2. The minimum atomic E-state index is 0.617. The summed E-state index contributed by atoms with van der Waals surface area (Å²) in [6, 6.07) is 0. The van der Waals surface area contributed by atoms with Crippen molar-refractivity contribution in [2.45, 2.75) is 18.8 Å². The molecule has 0 unspecified atom stereocenters. The average molecular weight is 246 g/mol. The molecule has 88 valence electrons. The summed E-state index contributed by atoms with van der Waals surface area (Å²) in [5.41, 5.74) is 1.82. The molecule has 0 saturated carbocycles. The normalized spacial score (nSPS) is 17.2. The molecule has 0 spiro atoms. The monoisotopic (exact) mass is 246 g/mol. The van der Waals surface area contributed by atoms with Gasteiger partial charge in [-0.15, -0.1) is 11.3 Å². The van der Waals surface area contributed by atoms with Gasteiger partial charge in [0, 0.05) is 23.7 Å². The first-order valence-electron chi connectivity index (χ1n) is 5.86. The highest BCUT2D eigenvalue weighted by Gasteiger charge is 2.18. The Morgan fingerprint density at radius 2 is 2.06 bits per heavy atom. The van der Waals surface area contributed by atoms with Crippen molar-refractivity contribution >= 4 is 11.3 Å². The summed E-state index contributed by atoms with van der Waals surface area (Å²) >= 11 is 1.74. The zero-order valence-electron chi connectivity index (χ0n) is 9.47. The number of rotatable bonds is 2. The van der Waals surface area contributed by atoms with Crippen LogP contribution in [0.3, 0.4) is 0 Å². The Balaban J connectivity index is 1.83. The van der Waals surface area contributed by atoms with Crippen LogP contribution in [0.15, 0.2) is 24.0 Å². The second-order valence-electron chi connectivity index (χ2n) is 4.19. The Bertz CT molecular complexity index is 476. The van der Waals surface area contributed by atoms with E-state index in [-0.39, 0.29) is 0 Å². The van der Waals surface area contributed by atoms with E-state index in [2.05, 4.69) is 20.7 Å². The molecule has 1 fully saturated rings. The lowest BCUT2D eigenvalue weighted by atomic mass is 9.99. The SMILES string of the molecule is c1cnc(-c2csc(C3CCNCC3)n2)cn1. The van der Waals surface area contributed by atoms with E-state index in [1.54, 1.807) is 29.9 Å². The van der Waals surface area contributed by atoms with Crippen LogP contribution in [-0.4, -0.2) is 28.0 Å². The van der Waals surface area contributed by atoms with Crippen LogP contribution in [0.4, 0.5) is 0 Å². The molecule has 4 nitrogen and oxygen atoms in total. The number of thiazole rings is 1. The lowest BCUT2D eigenvalue weighted by Crippen LogP contribution is -2.26. The molecule has 5 heteroatoms. The lowest BCUT2D eigenvalue weighted by Gasteiger charge is -2.20. The van der Waals surface area contributed by atoms with Crippen molar-refractivity contribution in [3.05, 3.63) is 29.0 Å². The topological polar surface area (TPSA) is 50.7 Å². The molecule has 0 atom stereocenters. The quantitative estimate of drug-likeness (QED) is 0.881. The molecule has 2 aromatic rings. The fourth-order valence-corrected chi connectivity index (χ4v) is 3.08. The van der Waals surface area contributed by atoms with E-state index in [0.29, 0.717) is 5.92 Å². The Morgan fingerprint density at radius 3 is 2.82 bits per heavy atom. The van der Waals surface area contributed by atoms with Gasteiger partial charge in [0.2, 0.25) is 0 Å². The summed E-state index contributed by atoms with van der Waals surface area (Å²) in [7, 11) is 0. The Morgan fingerprint density at radius 1 is 1.18 bits per heavy atom. The first-order chi connectivity index (χ1) is 8.43. The van der Waals surface area contributed by atoms with E-state index in [4.69, 9.17) is 4.98 Å². The molecule has 0 bridgehead atoms. The summed E-state index contributed by atoms with van der Waals surface area (Å²) in [6.45, 7) is 2.20. The van der Waals surface area contributed by atoms with Gasteiger partial charge in [0.25, 0.3) is 0 Å². The van der Waals surface area contributed by atoms with Gasteiger partial charge in [-0.3, -0.25) is 9.97 Å². The Hall–Kier alpha value is -1.33. The molecule has 0 radical (unpaired) electrons. The lowest BCUT2D eigenvalue weighted by molar-refractivity contribution is 0.459. The summed E-state index contributed by atoms with van der Waals surface area (Å²) in [5.74, 6) is 0.617. The van der Waals surface area contributed by atoms with Crippen LogP contribution < -0.4 is 5.32 Å². The third kappa shape index (κ3) is 2.35. The van der Waals surface area contributed by atoms with Gasteiger partial charge in [0.05, 0.1) is 11.2 Å². The summed E-state index contributed by atoms with van der Waals surface area (Å²) in [5, 5.41) is 6.70. The van der Waals surface area contributed by atoms with Gasteiger partial charge < -0.3 is 5.32 Å². The highest BCUT2D eigenvalue weighted by atomic mass is 32.1. The second kappa shape index (κ2) is 4.89. The van der Waals surface area contributed by atoms with Gasteiger partial charge >= 0.3 is 0 Å². The number of hydrogen-bond acceptors (Lipinski definition) is 5. The Kier molecular flexibility index (Phi) is 3.11. The van der Waals surface area contributed by atoms with Crippen molar-refractivity contribution in [2.75, 3.05) is 13.1 Å². The molecule has 0 aromatic carbocycles. The average Bonchev–Trinajstić information content (AvgIpc) is 2.90. The van der Waals surface area contributed by atoms with Gasteiger partial charge in [0.15, 0.2) is 0 Å². The van der Waals surface area contributed by atoms with Gasteiger partial charge in [-0.1, -0.05) is 0 Å². The number of nitrogens with zero attached hydrogens (tertiary/aromatic N) is 3. The molecule has 3 heterocycles. The fraction of sp³-hybridized carbons (Fsp3) is 0.417. The maximum atomic E-state index is 4.69. The molecule has 1 aliphatic rings. The van der Waals surface area contributed by atoms with Crippen LogP contribution >= 0.6 is 11.3 Å². The van der Waals surface area contributed by atoms with E-state index < -0.39 is 0 Å². The number of piperidine rings is 1. The third-order valence-corrected chi connectivity index (χ3v) is 4.04. The van der Waals surface area contributed by atoms with Crippen LogP contribution in [0, 0.1) is 0 Å². The van der Waals surface area contributed by atoms with Gasteiger partial charge in [-0.2, -0.15) is 0 Å². The van der Waals surface area contributed by atoms with Gasteiger partial charge in [-0.25, -0.2) is 4.98 Å². The zero-order valence-corrected chi connectivity index (χ0v) is 10.3. The Labute approximate surface area is 104 Å². The molecule has 2 aromatic heterocycles. The van der Waals surface area contributed by atoms with Crippen molar-refractivity contribution in [3.8, 4) is 11.4 Å². The number of hydrogen-bond donors (Lipinski definition) is 1. The minimum Gasteiger partial charge on any atom is -0.317 e. The largest absolute Gasteiger partial charge is 0.317 e. The highest BCUT2D eigenvalue weighted by Crippen LogP contribution is 2.30. The smallest absolute Gasteiger partial charge is 0.108 e. The fourth-order valence-electron chi connectivity index (χ4n) is 2.09. The van der Waals surface area contributed by atoms with Crippen molar-refractivity contribution in [3.63, 3.8) is 0 Å². The maximum Gasteiger partial charge on any atom is 0.108 e. The van der Waals surface area contributed by atoms with Crippen molar-refractivity contribution in [1.29, 1.82) is 0 Å². The summed E-state index contributed by atoms with van der Waals surface area (Å²) < 4.78 is 0. The second-order valence-corrected chi connectivity index (χ2v) is 5.08. The van der Waals surface area contributed by atoms with Gasteiger partial charge in [0.1, 0.15) is 11.4 Å². The molecule has 3 rings (SSSR count). The van der Waals surface area contributed by atoms with Crippen LogP contribution in [0.25, 0.3) is 11.4 Å². The van der Waals surface area contributed by atoms with E-state index in [1.165, 1.54) is 17.8 Å². The minimum absolute atomic E-state index is 0.617. The van der Waals surface area contributed by atoms with Crippen LogP contribution in [0.5, 0.6) is 0 Å². The molecular formula is C12H14N4S. The summed E-state index contributed by atoms with van der Waals surface area (Å²) in [4.78, 5) is 13.0. The molecule has 1 aliphatic heterocycles. The third-order valence-electron chi connectivity index (χ3n) is 3.04. The van der Waals surface area contributed by atoms with Crippen molar-refractivity contribution < 1.29 is 0 Å². The van der Waals surface area contributed by atoms with Crippen LogP contribution in [-0.2, 0) is 0 Å². The van der Waals surface area contributed by atoms with Crippen LogP contribution in [0.2, 0.25) is 0 Å². The zero-order chi connectivity index (χ0) is 11.5. The highest BCUT2D eigenvalue weighted by molar-refractivity contribution is 7.10. The predicted octanol–water partition coefficient (Wildman–Crippen LogP) is 2.07. The maximum absolute atomic E-state index is 4.69. The molecular weight excluding hydrogens is 232 g/mol. The van der Waals surface area contributed by atoms with E-state index >= 15 is 0 Å². The first-order valence-corrected chi connectivity index (χ1v) is 6.74. The number of aromatic nitrogens is 3. The van der Waals surface area contributed by atoms with E-state index in [1.807, 2.05) is 0 Å².